The molecule has 168 valence electrons. The first kappa shape index (κ1) is 26.3. The van der Waals surface area contributed by atoms with Crippen LogP contribution in [0.4, 0.5) is 0 Å². The Kier molecular flexibility index (Phi) is 12.1. The largest absolute Gasteiger partial charge is 0.497 e. The molecule has 2 N–H and O–H groups in total. The number of para-hydroxylation sites is 1. The molecule has 2 aromatic rings. The molecule has 0 aliphatic heterocycles. The number of carbonyl (C=O) groups is 1. The van der Waals surface area contributed by atoms with Gasteiger partial charge in [0, 0.05) is 26.2 Å². The topological polar surface area (TPSA) is 75.2 Å². The molecular weight excluding hydrogens is 507 g/mol. The van der Waals surface area contributed by atoms with Crippen LogP contribution in [0, 0.1) is 0 Å². The summed E-state index contributed by atoms with van der Waals surface area (Å²) in [7, 11) is 5.08. The normalized spacial score (nSPS) is 10.5. The number of nitrogens with zero attached hydrogens (tertiary/aromatic N) is 2. The van der Waals surface area contributed by atoms with Gasteiger partial charge < -0.3 is 25.0 Å². The molecule has 8 heteroatoms. The van der Waals surface area contributed by atoms with E-state index < -0.39 is 0 Å². The third-order valence-electron chi connectivity index (χ3n) is 4.26. The van der Waals surface area contributed by atoms with Crippen LogP contribution in [0.1, 0.15) is 11.1 Å². The van der Waals surface area contributed by atoms with Crippen molar-refractivity contribution in [3.63, 3.8) is 0 Å². The average Bonchev–Trinajstić information content (AvgIpc) is 2.77. The van der Waals surface area contributed by atoms with Crippen LogP contribution in [0.5, 0.6) is 11.5 Å². The van der Waals surface area contributed by atoms with Crippen molar-refractivity contribution in [3.8, 4) is 11.5 Å². The van der Waals surface area contributed by atoms with E-state index in [1.54, 1.807) is 27.3 Å². The third kappa shape index (κ3) is 9.29. The van der Waals surface area contributed by atoms with Crippen molar-refractivity contribution < 1.29 is 14.3 Å². The molecule has 0 radical (unpaired) electrons. The fraction of sp³-hybridized carbons (Fsp3) is 0.304. The van der Waals surface area contributed by atoms with Gasteiger partial charge in [-0.05, 0) is 23.8 Å². The molecule has 0 aliphatic carbocycles. The predicted octanol–water partition coefficient (Wildman–Crippen LogP) is 3.20. The molecule has 0 saturated heterocycles. The molecular formula is C23H31IN4O3. The zero-order valence-corrected chi connectivity index (χ0v) is 20.6. The number of amides is 1. The fourth-order valence-electron chi connectivity index (χ4n) is 2.51. The van der Waals surface area contributed by atoms with Crippen LogP contribution in [-0.2, 0) is 17.9 Å². The summed E-state index contributed by atoms with van der Waals surface area (Å²) >= 11 is 0. The van der Waals surface area contributed by atoms with Gasteiger partial charge >= 0.3 is 0 Å². The Hall–Kier alpha value is -2.75. The number of methoxy groups -OCH3 is 1. The van der Waals surface area contributed by atoms with Crippen LogP contribution in [0.3, 0.4) is 0 Å². The van der Waals surface area contributed by atoms with E-state index in [1.807, 2.05) is 48.5 Å². The van der Waals surface area contributed by atoms with Gasteiger partial charge in [0.1, 0.15) is 18.1 Å². The zero-order valence-electron chi connectivity index (χ0n) is 18.3. The zero-order chi connectivity index (χ0) is 21.8. The minimum atomic E-state index is -0.0383. The standard InChI is InChI=1S/C23H30N4O3.HI/c1-5-14-30-21-9-7-6-8-19(21)16-25-23(26-17-22(28)27(2)3)24-15-18-10-12-20(29-4)13-11-18;/h5-13H,1,14-17H2,2-4H3,(H2,24,25,26);1H. The van der Waals surface area contributed by atoms with Gasteiger partial charge in [-0.15, -0.1) is 24.0 Å². The Labute approximate surface area is 201 Å². The van der Waals surface area contributed by atoms with Crippen molar-refractivity contribution in [3.05, 3.63) is 72.3 Å². The Morgan fingerprint density at radius 3 is 2.48 bits per heavy atom. The maximum absolute atomic E-state index is 12.0. The van der Waals surface area contributed by atoms with E-state index in [1.165, 1.54) is 4.90 Å². The van der Waals surface area contributed by atoms with Crippen LogP contribution < -0.4 is 20.1 Å². The summed E-state index contributed by atoms with van der Waals surface area (Å²) in [6.07, 6.45) is 1.71. The average molecular weight is 538 g/mol. The first-order valence-corrected chi connectivity index (χ1v) is 9.70. The van der Waals surface area contributed by atoms with E-state index in [0.29, 0.717) is 25.7 Å². The van der Waals surface area contributed by atoms with Crippen LogP contribution >= 0.6 is 24.0 Å². The molecule has 2 aromatic carbocycles. The predicted molar refractivity (Wildman–Crippen MR) is 135 cm³/mol. The Bertz CT molecular complexity index is 854. The quantitative estimate of drug-likeness (QED) is 0.211. The highest BCUT2D eigenvalue weighted by Crippen LogP contribution is 2.17. The Morgan fingerprint density at radius 2 is 1.84 bits per heavy atom. The van der Waals surface area contributed by atoms with E-state index in [4.69, 9.17) is 9.47 Å². The number of halogens is 1. The minimum absolute atomic E-state index is 0. The van der Waals surface area contributed by atoms with Gasteiger partial charge in [-0.25, -0.2) is 4.99 Å². The van der Waals surface area contributed by atoms with Crippen molar-refractivity contribution in [2.75, 3.05) is 34.4 Å². The van der Waals surface area contributed by atoms with Crippen LogP contribution in [0.2, 0.25) is 0 Å². The molecule has 1 amide bonds. The smallest absolute Gasteiger partial charge is 0.241 e. The van der Waals surface area contributed by atoms with Crippen molar-refractivity contribution in [2.24, 2.45) is 4.99 Å². The molecule has 0 saturated carbocycles. The molecule has 2 rings (SSSR count). The number of likely N-dealkylation sites (N-methyl/N-ethyl adjacent to an activating group) is 1. The van der Waals surface area contributed by atoms with Gasteiger partial charge in [-0.3, -0.25) is 4.79 Å². The highest BCUT2D eigenvalue weighted by molar-refractivity contribution is 14.0. The monoisotopic (exact) mass is 538 g/mol. The van der Waals surface area contributed by atoms with Gasteiger partial charge in [0.25, 0.3) is 0 Å². The SMILES string of the molecule is C=CCOc1ccccc1CNC(=NCc1ccc(OC)cc1)NCC(=O)N(C)C.I. The lowest BCUT2D eigenvalue weighted by Crippen LogP contribution is -2.42. The molecule has 0 fully saturated rings. The summed E-state index contributed by atoms with van der Waals surface area (Å²) in [6, 6.07) is 15.5. The van der Waals surface area contributed by atoms with Crippen molar-refractivity contribution in [1.82, 2.24) is 15.5 Å². The molecule has 0 bridgehead atoms. The van der Waals surface area contributed by atoms with E-state index in [-0.39, 0.29) is 36.4 Å². The lowest BCUT2D eigenvalue weighted by atomic mass is 10.2. The summed E-state index contributed by atoms with van der Waals surface area (Å²) in [4.78, 5) is 18.1. The second-order valence-corrected chi connectivity index (χ2v) is 6.72. The number of benzene rings is 2. The molecule has 0 atom stereocenters. The van der Waals surface area contributed by atoms with Gasteiger partial charge in [0.2, 0.25) is 5.91 Å². The van der Waals surface area contributed by atoms with Crippen molar-refractivity contribution in [1.29, 1.82) is 0 Å². The first-order chi connectivity index (χ1) is 14.5. The summed E-state index contributed by atoms with van der Waals surface area (Å²) in [5, 5.41) is 6.37. The number of aliphatic imine (C=N–C) groups is 1. The maximum Gasteiger partial charge on any atom is 0.241 e. The highest BCUT2D eigenvalue weighted by Gasteiger charge is 2.08. The van der Waals surface area contributed by atoms with E-state index in [9.17, 15) is 4.79 Å². The summed E-state index contributed by atoms with van der Waals surface area (Å²) in [5.74, 6) is 2.08. The lowest BCUT2D eigenvalue weighted by Gasteiger charge is -2.16. The summed E-state index contributed by atoms with van der Waals surface area (Å²) in [6.45, 7) is 5.23. The number of carbonyl (C=O) groups excluding carboxylic acids is 1. The summed E-state index contributed by atoms with van der Waals surface area (Å²) in [5.41, 5.74) is 2.02. The van der Waals surface area contributed by atoms with Crippen LogP contribution in [0.15, 0.2) is 66.2 Å². The van der Waals surface area contributed by atoms with E-state index in [2.05, 4.69) is 22.2 Å². The number of rotatable bonds is 10. The Morgan fingerprint density at radius 1 is 1.13 bits per heavy atom. The highest BCUT2D eigenvalue weighted by atomic mass is 127. The molecule has 0 aromatic heterocycles. The van der Waals surface area contributed by atoms with Gasteiger partial charge in [0.05, 0.1) is 20.2 Å². The fourth-order valence-corrected chi connectivity index (χ4v) is 2.51. The third-order valence-corrected chi connectivity index (χ3v) is 4.26. The van der Waals surface area contributed by atoms with Gasteiger partial charge in [0.15, 0.2) is 5.96 Å². The number of hydrogen-bond acceptors (Lipinski definition) is 4. The van der Waals surface area contributed by atoms with E-state index >= 15 is 0 Å². The van der Waals surface area contributed by atoms with Crippen molar-refractivity contribution >= 4 is 35.8 Å². The van der Waals surface area contributed by atoms with Crippen molar-refractivity contribution in [2.45, 2.75) is 13.1 Å². The number of ether oxygens (including phenoxy) is 2. The lowest BCUT2D eigenvalue weighted by molar-refractivity contribution is -0.127. The number of nitrogens with one attached hydrogen (secondary N) is 2. The maximum atomic E-state index is 12.0. The molecule has 31 heavy (non-hydrogen) atoms. The number of guanidine groups is 1. The summed E-state index contributed by atoms with van der Waals surface area (Å²) < 4.78 is 10.9. The molecule has 0 spiro atoms. The molecule has 7 nitrogen and oxygen atoms in total. The number of hydrogen-bond donors (Lipinski definition) is 2. The minimum Gasteiger partial charge on any atom is -0.497 e. The van der Waals surface area contributed by atoms with Gasteiger partial charge in [-0.2, -0.15) is 0 Å². The molecule has 0 unspecified atom stereocenters. The Balaban J connectivity index is 0.00000480. The van der Waals surface area contributed by atoms with Crippen LogP contribution in [-0.4, -0.2) is 51.1 Å². The second kappa shape index (κ2) is 14.3. The molecule has 0 heterocycles. The van der Waals surface area contributed by atoms with Gasteiger partial charge in [-0.1, -0.05) is 43.0 Å². The second-order valence-electron chi connectivity index (χ2n) is 6.72. The molecule has 0 aliphatic rings. The van der Waals surface area contributed by atoms with E-state index in [0.717, 1.165) is 22.6 Å². The first-order valence-electron chi connectivity index (χ1n) is 9.70. The van der Waals surface area contributed by atoms with Crippen LogP contribution in [0.25, 0.3) is 0 Å².